The molecule has 0 bridgehead atoms. The van der Waals surface area contributed by atoms with Crippen LogP contribution in [0.1, 0.15) is 49.1 Å². The molecule has 0 aliphatic rings. The van der Waals surface area contributed by atoms with Gasteiger partial charge in [-0.25, -0.2) is 9.67 Å². The molecule has 0 aliphatic carbocycles. The highest BCUT2D eigenvalue weighted by Crippen LogP contribution is 2.30. The fraction of sp³-hybridized carbons (Fsp3) is 0.222. The third kappa shape index (κ3) is 4.64. The molecule has 34 heavy (non-hydrogen) atoms. The summed E-state index contributed by atoms with van der Waals surface area (Å²) in [4.78, 5) is 4.92. The number of rotatable bonds is 8. The minimum absolute atomic E-state index is 0.299. The molecule has 2 heterocycles. The summed E-state index contributed by atoms with van der Waals surface area (Å²) >= 11 is 0. The summed E-state index contributed by atoms with van der Waals surface area (Å²) in [5, 5.41) is 19.4. The molecule has 5 aromatic rings. The van der Waals surface area contributed by atoms with Crippen LogP contribution in [0.2, 0.25) is 0 Å². The number of hydrogen-bond acceptors (Lipinski definition) is 5. The van der Waals surface area contributed by atoms with Crippen molar-refractivity contribution >= 4 is 0 Å². The smallest absolute Gasteiger partial charge is 0.205 e. The molecule has 5 rings (SSSR count). The van der Waals surface area contributed by atoms with Crippen LogP contribution in [0.5, 0.6) is 0 Å². The number of aromatic amines is 1. The number of hydrogen-bond donors (Lipinski definition) is 1. The van der Waals surface area contributed by atoms with E-state index in [-0.39, 0.29) is 0 Å². The minimum Gasteiger partial charge on any atom is -0.247 e. The van der Waals surface area contributed by atoms with E-state index in [0.29, 0.717) is 11.9 Å². The summed E-state index contributed by atoms with van der Waals surface area (Å²) < 4.78 is 2.09. The highest BCUT2D eigenvalue weighted by Gasteiger charge is 2.16. The molecule has 0 fully saturated rings. The van der Waals surface area contributed by atoms with E-state index in [4.69, 9.17) is 10.1 Å². The molecule has 0 saturated carbocycles. The van der Waals surface area contributed by atoms with E-state index in [9.17, 15) is 0 Å². The van der Waals surface area contributed by atoms with Crippen LogP contribution >= 0.6 is 0 Å². The Labute approximate surface area is 198 Å². The first-order chi connectivity index (χ1) is 16.7. The second-order valence-electron chi connectivity index (χ2n) is 8.46. The summed E-state index contributed by atoms with van der Waals surface area (Å²) in [5.41, 5.74) is 5.55. The van der Waals surface area contributed by atoms with Gasteiger partial charge in [-0.05, 0) is 40.8 Å². The topological polar surface area (TPSA) is 85.2 Å². The molecule has 170 valence electrons. The highest BCUT2D eigenvalue weighted by molar-refractivity contribution is 5.80. The summed E-state index contributed by atoms with van der Waals surface area (Å²) in [6.07, 6.45) is 2.48. The number of tetrazole rings is 1. The van der Waals surface area contributed by atoms with Crippen LogP contribution in [0.25, 0.3) is 22.5 Å². The maximum atomic E-state index is 4.92. The van der Waals surface area contributed by atoms with Crippen molar-refractivity contribution in [1.29, 1.82) is 0 Å². The van der Waals surface area contributed by atoms with Crippen molar-refractivity contribution in [3.63, 3.8) is 0 Å². The fourth-order valence-corrected chi connectivity index (χ4v) is 4.09. The van der Waals surface area contributed by atoms with Gasteiger partial charge in [-0.1, -0.05) is 85.8 Å². The molecule has 1 N–H and O–H groups in total. The van der Waals surface area contributed by atoms with Crippen LogP contribution < -0.4 is 0 Å². The van der Waals surface area contributed by atoms with E-state index in [1.54, 1.807) is 0 Å². The van der Waals surface area contributed by atoms with E-state index in [1.165, 1.54) is 11.1 Å². The standard InChI is InChI=1S/C27H27N7/c1-3-19(2)34-26(28-25(31-34)17-20-9-5-4-6-10-20)18-21-13-15-22(16-14-21)23-11-7-8-12-24(23)27-29-32-33-30-27/h4-16,19H,3,17-18H2,1-2H3,(H,29,30,32,33). The molecule has 1 atom stereocenters. The Morgan fingerprint density at radius 1 is 0.824 bits per heavy atom. The van der Waals surface area contributed by atoms with Crippen LogP contribution in [-0.4, -0.2) is 35.4 Å². The summed E-state index contributed by atoms with van der Waals surface area (Å²) in [5.74, 6) is 2.46. The second kappa shape index (κ2) is 9.79. The highest BCUT2D eigenvalue weighted by atomic mass is 15.5. The number of nitrogens with one attached hydrogen (secondary N) is 1. The van der Waals surface area contributed by atoms with Crippen molar-refractivity contribution in [1.82, 2.24) is 35.4 Å². The molecule has 2 aromatic heterocycles. The molecular weight excluding hydrogens is 422 g/mol. The van der Waals surface area contributed by atoms with E-state index in [2.05, 4.69) is 93.8 Å². The van der Waals surface area contributed by atoms with Gasteiger partial charge in [-0.15, -0.1) is 10.2 Å². The predicted molar refractivity (Wildman–Crippen MR) is 132 cm³/mol. The summed E-state index contributed by atoms with van der Waals surface area (Å²) in [7, 11) is 0. The van der Waals surface area contributed by atoms with Gasteiger partial charge in [0.1, 0.15) is 5.82 Å². The Morgan fingerprint density at radius 2 is 1.53 bits per heavy atom. The molecule has 0 aliphatic heterocycles. The summed E-state index contributed by atoms with van der Waals surface area (Å²) in [6, 6.07) is 27.4. The van der Waals surface area contributed by atoms with Crippen LogP contribution in [0.3, 0.4) is 0 Å². The average Bonchev–Trinajstić information content (AvgIpc) is 3.55. The monoisotopic (exact) mass is 449 g/mol. The van der Waals surface area contributed by atoms with Gasteiger partial charge in [0.25, 0.3) is 0 Å². The average molecular weight is 450 g/mol. The van der Waals surface area contributed by atoms with Gasteiger partial charge in [0.2, 0.25) is 5.82 Å². The zero-order chi connectivity index (χ0) is 23.3. The van der Waals surface area contributed by atoms with Crippen LogP contribution in [0.15, 0.2) is 78.9 Å². The summed E-state index contributed by atoms with van der Waals surface area (Å²) in [6.45, 7) is 4.38. The third-order valence-electron chi connectivity index (χ3n) is 6.10. The van der Waals surface area contributed by atoms with Crippen molar-refractivity contribution in [2.45, 2.75) is 39.2 Å². The number of benzene rings is 3. The Balaban J connectivity index is 1.40. The zero-order valence-electron chi connectivity index (χ0n) is 19.4. The Morgan fingerprint density at radius 3 is 2.24 bits per heavy atom. The second-order valence-corrected chi connectivity index (χ2v) is 8.46. The Bertz CT molecular complexity index is 1340. The first kappa shape index (κ1) is 21.7. The lowest BCUT2D eigenvalue weighted by atomic mass is 9.98. The number of nitrogens with zero attached hydrogens (tertiary/aromatic N) is 6. The molecule has 7 heteroatoms. The van der Waals surface area contributed by atoms with Crippen LogP contribution in [0.4, 0.5) is 0 Å². The largest absolute Gasteiger partial charge is 0.247 e. The first-order valence-corrected chi connectivity index (χ1v) is 11.6. The zero-order valence-corrected chi connectivity index (χ0v) is 19.4. The third-order valence-corrected chi connectivity index (χ3v) is 6.10. The van der Waals surface area contributed by atoms with E-state index >= 15 is 0 Å². The number of H-pyrrole nitrogens is 1. The van der Waals surface area contributed by atoms with Crippen molar-refractivity contribution in [3.8, 4) is 22.5 Å². The van der Waals surface area contributed by atoms with Gasteiger partial charge in [0.05, 0.1) is 6.04 Å². The molecule has 0 spiro atoms. The van der Waals surface area contributed by atoms with Crippen molar-refractivity contribution < 1.29 is 0 Å². The van der Waals surface area contributed by atoms with Gasteiger partial charge >= 0.3 is 0 Å². The molecule has 0 saturated heterocycles. The molecule has 7 nitrogen and oxygen atoms in total. The van der Waals surface area contributed by atoms with Crippen molar-refractivity contribution in [2.24, 2.45) is 0 Å². The van der Waals surface area contributed by atoms with Gasteiger partial charge < -0.3 is 0 Å². The van der Waals surface area contributed by atoms with Gasteiger partial charge in [-0.3, -0.25) is 0 Å². The molecule has 3 aromatic carbocycles. The van der Waals surface area contributed by atoms with Gasteiger partial charge in [0, 0.05) is 18.4 Å². The molecule has 1 unspecified atom stereocenters. The Hall–Kier alpha value is -4.13. The van der Waals surface area contributed by atoms with Gasteiger partial charge in [0.15, 0.2) is 5.82 Å². The lowest BCUT2D eigenvalue weighted by Crippen LogP contribution is -2.11. The molecule has 0 radical (unpaired) electrons. The van der Waals surface area contributed by atoms with E-state index in [0.717, 1.165) is 47.6 Å². The Kier molecular flexibility index (Phi) is 6.25. The normalized spacial score (nSPS) is 12.1. The minimum atomic E-state index is 0.299. The molecule has 0 amide bonds. The maximum Gasteiger partial charge on any atom is 0.205 e. The first-order valence-electron chi connectivity index (χ1n) is 11.6. The van der Waals surface area contributed by atoms with E-state index in [1.807, 2.05) is 24.3 Å². The maximum absolute atomic E-state index is 4.92. The number of aromatic nitrogens is 7. The van der Waals surface area contributed by atoms with E-state index < -0.39 is 0 Å². The van der Waals surface area contributed by atoms with Crippen molar-refractivity contribution in [3.05, 3.63) is 102 Å². The van der Waals surface area contributed by atoms with Crippen LogP contribution in [-0.2, 0) is 12.8 Å². The molecular formula is C27H27N7. The van der Waals surface area contributed by atoms with Crippen molar-refractivity contribution in [2.75, 3.05) is 0 Å². The predicted octanol–water partition coefficient (Wildman–Crippen LogP) is 5.28. The SMILES string of the molecule is CCC(C)n1nc(Cc2ccccc2)nc1Cc1ccc(-c2ccccc2-c2nn[nH]n2)cc1. The quantitative estimate of drug-likeness (QED) is 0.348. The fourth-order valence-electron chi connectivity index (χ4n) is 4.09. The lowest BCUT2D eigenvalue weighted by molar-refractivity contribution is 0.458. The van der Waals surface area contributed by atoms with Gasteiger partial charge in [-0.2, -0.15) is 10.3 Å². The van der Waals surface area contributed by atoms with Crippen LogP contribution in [0, 0.1) is 0 Å². The lowest BCUT2D eigenvalue weighted by Gasteiger charge is -2.12.